The molecule has 2 heteroatoms. The summed E-state index contributed by atoms with van der Waals surface area (Å²) in [6.45, 7) is 5.61. The van der Waals surface area contributed by atoms with Gasteiger partial charge in [-0.1, -0.05) is 5.92 Å². The average Bonchev–Trinajstić information content (AvgIpc) is 1.98. The lowest BCUT2D eigenvalue weighted by molar-refractivity contribution is 1.04. The van der Waals surface area contributed by atoms with Gasteiger partial charge in [-0.25, -0.2) is 4.98 Å². The van der Waals surface area contributed by atoms with Gasteiger partial charge in [0.15, 0.2) is 0 Å². The summed E-state index contributed by atoms with van der Waals surface area (Å²) in [6.07, 6.45) is 1.75. The molecular weight excluding hydrogens is 136 g/mol. The maximum Gasteiger partial charge on any atom is 0.134 e. The Kier molecular flexibility index (Phi) is 2.22. The third-order valence-electron chi connectivity index (χ3n) is 1.32. The fraction of sp³-hybridized carbons (Fsp3) is 0.333. The second-order valence-electron chi connectivity index (χ2n) is 2.32. The van der Waals surface area contributed by atoms with E-state index in [1.807, 2.05) is 13.8 Å². The van der Waals surface area contributed by atoms with Gasteiger partial charge < -0.3 is 0 Å². The third kappa shape index (κ3) is 1.78. The Hall–Kier alpha value is -1.36. The van der Waals surface area contributed by atoms with Gasteiger partial charge in [-0.2, -0.15) is 0 Å². The van der Waals surface area contributed by atoms with Gasteiger partial charge in [0, 0.05) is 6.20 Å². The number of aryl methyl sites for hydroxylation is 2. The Morgan fingerprint density at radius 1 is 1.36 bits per heavy atom. The van der Waals surface area contributed by atoms with E-state index in [1.54, 1.807) is 13.1 Å². The first kappa shape index (κ1) is 7.74. The van der Waals surface area contributed by atoms with Crippen molar-refractivity contribution in [3.8, 4) is 11.8 Å². The fourth-order valence-electron chi connectivity index (χ4n) is 0.774. The van der Waals surface area contributed by atoms with Gasteiger partial charge in [0.05, 0.1) is 11.4 Å². The van der Waals surface area contributed by atoms with E-state index < -0.39 is 0 Å². The topological polar surface area (TPSA) is 25.8 Å². The molecule has 1 aromatic rings. The zero-order valence-corrected chi connectivity index (χ0v) is 6.97. The molecule has 0 aliphatic rings. The zero-order chi connectivity index (χ0) is 8.27. The Labute approximate surface area is 66.7 Å². The summed E-state index contributed by atoms with van der Waals surface area (Å²) in [6, 6.07) is 0. The fourth-order valence-corrected chi connectivity index (χ4v) is 0.774. The number of aromatic nitrogens is 2. The predicted octanol–water partition coefficient (Wildman–Crippen LogP) is 1.46. The smallest absolute Gasteiger partial charge is 0.134 e. The number of rotatable bonds is 0. The van der Waals surface area contributed by atoms with Crippen molar-refractivity contribution in [2.45, 2.75) is 20.8 Å². The minimum Gasteiger partial charge on any atom is -0.257 e. The molecule has 0 bridgehead atoms. The van der Waals surface area contributed by atoms with E-state index in [0.717, 1.165) is 17.1 Å². The molecule has 0 radical (unpaired) electrons. The van der Waals surface area contributed by atoms with Crippen LogP contribution in [0.2, 0.25) is 0 Å². The molecule has 0 saturated carbocycles. The van der Waals surface area contributed by atoms with Crippen LogP contribution in [0, 0.1) is 25.7 Å². The maximum atomic E-state index is 4.23. The SMILES string of the molecule is CC#Cc1nc(C)cnc1C. The molecule has 1 aromatic heterocycles. The van der Waals surface area contributed by atoms with Crippen LogP contribution in [-0.4, -0.2) is 9.97 Å². The van der Waals surface area contributed by atoms with Crippen LogP contribution in [0.1, 0.15) is 24.0 Å². The molecule has 1 rings (SSSR count). The molecule has 0 spiro atoms. The lowest BCUT2D eigenvalue weighted by Gasteiger charge is -1.96. The van der Waals surface area contributed by atoms with Crippen LogP contribution in [0.15, 0.2) is 6.20 Å². The van der Waals surface area contributed by atoms with Crippen molar-refractivity contribution in [2.75, 3.05) is 0 Å². The summed E-state index contributed by atoms with van der Waals surface area (Å²) < 4.78 is 0. The van der Waals surface area contributed by atoms with Crippen LogP contribution in [0.25, 0.3) is 0 Å². The molecule has 56 valence electrons. The molecule has 0 fully saturated rings. The predicted molar refractivity (Wildman–Crippen MR) is 44.1 cm³/mol. The summed E-state index contributed by atoms with van der Waals surface area (Å²) >= 11 is 0. The molecule has 0 atom stereocenters. The monoisotopic (exact) mass is 146 g/mol. The molecule has 0 N–H and O–H groups in total. The Morgan fingerprint density at radius 2 is 2.09 bits per heavy atom. The summed E-state index contributed by atoms with van der Waals surface area (Å²) in [7, 11) is 0. The van der Waals surface area contributed by atoms with E-state index in [1.165, 1.54) is 0 Å². The van der Waals surface area contributed by atoms with Crippen molar-refractivity contribution < 1.29 is 0 Å². The summed E-state index contributed by atoms with van der Waals surface area (Å²) in [5.41, 5.74) is 2.59. The van der Waals surface area contributed by atoms with Crippen LogP contribution in [-0.2, 0) is 0 Å². The Balaban J connectivity index is 3.19. The highest BCUT2D eigenvalue weighted by Crippen LogP contribution is 1.99. The molecule has 0 aliphatic carbocycles. The molecule has 0 saturated heterocycles. The Morgan fingerprint density at radius 3 is 2.73 bits per heavy atom. The van der Waals surface area contributed by atoms with Crippen molar-refractivity contribution in [3.05, 3.63) is 23.3 Å². The molecule has 0 unspecified atom stereocenters. The van der Waals surface area contributed by atoms with Crippen LogP contribution < -0.4 is 0 Å². The highest BCUT2D eigenvalue weighted by Gasteiger charge is 1.95. The molecule has 11 heavy (non-hydrogen) atoms. The van der Waals surface area contributed by atoms with E-state index in [9.17, 15) is 0 Å². The minimum atomic E-state index is 0.785. The number of hydrogen-bond acceptors (Lipinski definition) is 2. The van der Waals surface area contributed by atoms with Crippen molar-refractivity contribution in [2.24, 2.45) is 0 Å². The second-order valence-corrected chi connectivity index (χ2v) is 2.32. The summed E-state index contributed by atoms with van der Waals surface area (Å²) in [5.74, 6) is 5.69. The van der Waals surface area contributed by atoms with E-state index in [2.05, 4.69) is 21.8 Å². The van der Waals surface area contributed by atoms with Crippen molar-refractivity contribution in [3.63, 3.8) is 0 Å². The standard InChI is InChI=1S/C9H10N2/c1-4-5-9-8(3)10-6-7(2)11-9/h6H,1-3H3. The lowest BCUT2D eigenvalue weighted by atomic mass is 10.3. The quantitative estimate of drug-likeness (QED) is 0.518. The molecule has 0 amide bonds. The van der Waals surface area contributed by atoms with Gasteiger partial charge in [-0.05, 0) is 26.7 Å². The molecule has 0 aliphatic heterocycles. The largest absolute Gasteiger partial charge is 0.257 e. The van der Waals surface area contributed by atoms with E-state index >= 15 is 0 Å². The molecule has 0 aromatic carbocycles. The number of hydrogen-bond donors (Lipinski definition) is 0. The van der Waals surface area contributed by atoms with Crippen molar-refractivity contribution in [1.29, 1.82) is 0 Å². The molecular formula is C9H10N2. The molecule has 2 nitrogen and oxygen atoms in total. The highest BCUT2D eigenvalue weighted by atomic mass is 14.8. The van der Waals surface area contributed by atoms with Crippen molar-refractivity contribution in [1.82, 2.24) is 9.97 Å². The highest BCUT2D eigenvalue weighted by molar-refractivity contribution is 5.30. The van der Waals surface area contributed by atoms with Crippen LogP contribution in [0.3, 0.4) is 0 Å². The van der Waals surface area contributed by atoms with Crippen LogP contribution in [0.5, 0.6) is 0 Å². The van der Waals surface area contributed by atoms with E-state index in [4.69, 9.17) is 0 Å². The average molecular weight is 146 g/mol. The zero-order valence-electron chi connectivity index (χ0n) is 6.97. The summed E-state index contributed by atoms with van der Waals surface area (Å²) in [4.78, 5) is 8.36. The van der Waals surface area contributed by atoms with Crippen molar-refractivity contribution >= 4 is 0 Å². The normalized spacial score (nSPS) is 8.64. The first-order chi connectivity index (χ1) is 5.24. The molecule has 1 heterocycles. The van der Waals surface area contributed by atoms with E-state index in [0.29, 0.717) is 0 Å². The maximum absolute atomic E-state index is 4.23. The second kappa shape index (κ2) is 3.16. The van der Waals surface area contributed by atoms with Gasteiger partial charge in [0.25, 0.3) is 0 Å². The van der Waals surface area contributed by atoms with Crippen LogP contribution in [0.4, 0.5) is 0 Å². The first-order valence-electron chi connectivity index (χ1n) is 3.47. The van der Waals surface area contributed by atoms with Gasteiger partial charge >= 0.3 is 0 Å². The van der Waals surface area contributed by atoms with Gasteiger partial charge in [0.1, 0.15) is 5.69 Å². The van der Waals surface area contributed by atoms with Gasteiger partial charge in [-0.3, -0.25) is 4.98 Å². The van der Waals surface area contributed by atoms with Gasteiger partial charge in [-0.15, -0.1) is 0 Å². The lowest BCUT2D eigenvalue weighted by Crippen LogP contribution is -1.93. The third-order valence-corrected chi connectivity index (χ3v) is 1.32. The number of nitrogens with zero attached hydrogens (tertiary/aromatic N) is 2. The summed E-state index contributed by atoms with van der Waals surface area (Å²) in [5, 5.41) is 0. The van der Waals surface area contributed by atoms with Gasteiger partial charge in [0.2, 0.25) is 0 Å². The van der Waals surface area contributed by atoms with Crippen LogP contribution >= 0.6 is 0 Å². The van der Waals surface area contributed by atoms with E-state index in [-0.39, 0.29) is 0 Å². The Bertz CT molecular complexity index is 318. The minimum absolute atomic E-state index is 0.785. The first-order valence-corrected chi connectivity index (χ1v) is 3.47.